The molecule has 1 N–H and O–H groups in total. The van der Waals surface area contributed by atoms with E-state index in [-0.39, 0.29) is 16.4 Å². The zero-order valence-corrected chi connectivity index (χ0v) is 20.3. The Morgan fingerprint density at radius 3 is 2.36 bits per heavy atom. The molecule has 0 radical (unpaired) electrons. The average molecular weight is 490 g/mol. The highest BCUT2D eigenvalue weighted by Crippen LogP contribution is 2.37. The summed E-state index contributed by atoms with van der Waals surface area (Å²) >= 11 is 5.50. The van der Waals surface area contributed by atoms with Gasteiger partial charge in [0.05, 0.1) is 28.8 Å². The van der Waals surface area contributed by atoms with E-state index in [1.165, 1.54) is 17.0 Å². The van der Waals surface area contributed by atoms with Gasteiger partial charge in [-0.15, -0.1) is 0 Å². The molecule has 3 rings (SSSR count). The molecular formula is C23H22F3N3O2SSi. The SMILES string of the molecule is CC1=C(C(=O)O[Si](C)(C)C)C(c2ccc(C#N)cc2)NC(=S)N1c1cccc(C(F)(F)F)c1. The molecule has 33 heavy (non-hydrogen) atoms. The number of nitrogens with one attached hydrogen (secondary N) is 1. The fraction of sp³-hybridized carbons (Fsp3) is 0.261. The number of nitrogens with zero attached hydrogens (tertiary/aromatic N) is 2. The molecule has 5 nitrogen and oxygen atoms in total. The lowest BCUT2D eigenvalue weighted by molar-refractivity contribution is -0.137. The summed E-state index contributed by atoms with van der Waals surface area (Å²) in [5.74, 6) is -0.562. The van der Waals surface area contributed by atoms with Crippen molar-refractivity contribution in [3.05, 3.63) is 76.5 Å². The number of rotatable bonds is 4. The van der Waals surface area contributed by atoms with Crippen LogP contribution < -0.4 is 10.2 Å². The summed E-state index contributed by atoms with van der Waals surface area (Å²) in [5, 5.41) is 12.3. The zero-order chi connectivity index (χ0) is 24.6. The van der Waals surface area contributed by atoms with Crippen molar-refractivity contribution in [1.82, 2.24) is 5.32 Å². The summed E-state index contributed by atoms with van der Waals surface area (Å²) in [6.45, 7) is 7.22. The summed E-state index contributed by atoms with van der Waals surface area (Å²) in [5.41, 5.74) is 1.09. The number of carbonyl (C=O) groups is 1. The largest absolute Gasteiger partial charge is 0.517 e. The van der Waals surface area contributed by atoms with Gasteiger partial charge in [-0.05, 0) is 74.7 Å². The van der Waals surface area contributed by atoms with Crippen molar-refractivity contribution in [3.8, 4) is 6.07 Å². The van der Waals surface area contributed by atoms with Crippen molar-refractivity contribution in [2.24, 2.45) is 0 Å². The van der Waals surface area contributed by atoms with E-state index in [9.17, 15) is 18.0 Å². The summed E-state index contributed by atoms with van der Waals surface area (Å²) in [6.07, 6.45) is -4.52. The highest BCUT2D eigenvalue weighted by molar-refractivity contribution is 7.80. The van der Waals surface area contributed by atoms with Crippen LogP contribution in [0.4, 0.5) is 18.9 Å². The van der Waals surface area contributed by atoms with Crippen LogP contribution in [0.5, 0.6) is 0 Å². The Bertz CT molecular complexity index is 1170. The number of benzene rings is 2. The van der Waals surface area contributed by atoms with Gasteiger partial charge in [-0.3, -0.25) is 4.90 Å². The minimum atomic E-state index is -4.52. The molecule has 0 bridgehead atoms. The number of halogens is 3. The van der Waals surface area contributed by atoms with Crippen LogP contribution in [0.2, 0.25) is 19.6 Å². The maximum atomic E-state index is 13.3. The van der Waals surface area contributed by atoms with Gasteiger partial charge in [-0.25, -0.2) is 4.79 Å². The van der Waals surface area contributed by atoms with Crippen LogP contribution in [0.25, 0.3) is 0 Å². The molecular weight excluding hydrogens is 467 g/mol. The monoisotopic (exact) mass is 489 g/mol. The van der Waals surface area contributed by atoms with Gasteiger partial charge in [0.1, 0.15) is 0 Å². The second kappa shape index (κ2) is 9.00. The Morgan fingerprint density at radius 2 is 1.82 bits per heavy atom. The first-order valence-corrected chi connectivity index (χ1v) is 13.9. The van der Waals surface area contributed by atoms with Gasteiger partial charge in [-0.1, -0.05) is 18.2 Å². The quantitative estimate of drug-likeness (QED) is 0.441. The molecule has 0 amide bonds. The molecule has 1 aliphatic rings. The first kappa shape index (κ1) is 24.5. The second-order valence-electron chi connectivity index (χ2n) is 8.50. The number of alkyl halides is 3. The number of thiocarbonyl (C=S) groups is 1. The molecule has 0 spiro atoms. The molecule has 0 aromatic heterocycles. The Labute approximate surface area is 196 Å². The average Bonchev–Trinajstić information content (AvgIpc) is 2.71. The lowest BCUT2D eigenvalue weighted by atomic mass is 9.94. The van der Waals surface area contributed by atoms with Crippen LogP contribution in [0.15, 0.2) is 59.8 Å². The Morgan fingerprint density at radius 1 is 1.18 bits per heavy atom. The van der Waals surface area contributed by atoms with E-state index in [0.717, 1.165) is 12.1 Å². The van der Waals surface area contributed by atoms with Gasteiger partial charge in [0, 0.05) is 11.4 Å². The van der Waals surface area contributed by atoms with Crippen LogP contribution in [0, 0.1) is 11.3 Å². The van der Waals surface area contributed by atoms with Gasteiger partial charge in [0.2, 0.25) is 8.32 Å². The molecule has 1 heterocycles. The number of allylic oxidation sites excluding steroid dienone is 1. The fourth-order valence-corrected chi connectivity index (χ4v) is 4.50. The van der Waals surface area contributed by atoms with Crippen molar-refractivity contribution in [2.75, 3.05) is 4.90 Å². The second-order valence-corrected chi connectivity index (χ2v) is 13.3. The lowest BCUT2D eigenvalue weighted by Crippen LogP contribution is -2.49. The Balaban J connectivity index is 2.15. The smallest absolute Gasteiger partial charge is 0.416 e. The minimum absolute atomic E-state index is 0.144. The van der Waals surface area contributed by atoms with Gasteiger partial charge in [0.15, 0.2) is 5.11 Å². The van der Waals surface area contributed by atoms with E-state index in [1.54, 1.807) is 31.2 Å². The molecule has 0 fully saturated rings. The topological polar surface area (TPSA) is 65.4 Å². The van der Waals surface area contributed by atoms with Gasteiger partial charge in [-0.2, -0.15) is 18.4 Å². The predicted molar refractivity (Wildman–Crippen MR) is 126 cm³/mol. The van der Waals surface area contributed by atoms with Crippen LogP contribution in [0.1, 0.15) is 29.7 Å². The molecule has 1 atom stereocenters. The number of anilines is 1. The molecule has 0 saturated heterocycles. The molecule has 1 unspecified atom stereocenters. The van der Waals surface area contributed by atoms with Crippen molar-refractivity contribution >= 4 is 37.3 Å². The van der Waals surface area contributed by atoms with Crippen LogP contribution in [-0.2, 0) is 15.4 Å². The zero-order valence-electron chi connectivity index (χ0n) is 18.4. The number of hydrogen-bond acceptors (Lipinski definition) is 4. The van der Waals surface area contributed by atoms with E-state index < -0.39 is 32.1 Å². The maximum Gasteiger partial charge on any atom is 0.416 e. The number of hydrogen-bond donors (Lipinski definition) is 1. The highest BCUT2D eigenvalue weighted by atomic mass is 32.1. The maximum absolute atomic E-state index is 13.3. The Kier molecular flexibility index (Phi) is 6.67. The van der Waals surface area contributed by atoms with Gasteiger partial charge in [0.25, 0.3) is 0 Å². The summed E-state index contributed by atoms with van der Waals surface area (Å²) in [6, 6.07) is 12.8. The van der Waals surface area contributed by atoms with E-state index >= 15 is 0 Å². The molecule has 10 heteroatoms. The van der Waals surface area contributed by atoms with E-state index in [1.807, 2.05) is 25.7 Å². The van der Waals surface area contributed by atoms with Crippen molar-refractivity contribution < 1.29 is 22.4 Å². The minimum Gasteiger partial charge on any atom is -0.517 e. The predicted octanol–water partition coefficient (Wildman–Crippen LogP) is 5.66. The molecule has 0 saturated carbocycles. The highest BCUT2D eigenvalue weighted by Gasteiger charge is 2.38. The van der Waals surface area contributed by atoms with E-state index in [4.69, 9.17) is 21.9 Å². The molecule has 2 aromatic carbocycles. The van der Waals surface area contributed by atoms with Gasteiger partial charge >= 0.3 is 12.1 Å². The third-order valence-corrected chi connectivity index (χ3v) is 6.01. The van der Waals surface area contributed by atoms with Crippen LogP contribution in [0.3, 0.4) is 0 Å². The molecule has 2 aromatic rings. The number of nitriles is 1. The summed E-state index contributed by atoms with van der Waals surface area (Å²) in [7, 11) is -2.29. The number of carbonyl (C=O) groups excluding carboxylic acids is 1. The molecule has 0 aliphatic carbocycles. The first-order valence-electron chi connectivity index (χ1n) is 10.0. The molecule has 1 aliphatic heterocycles. The van der Waals surface area contributed by atoms with Crippen LogP contribution >= 0.6 is 12.2 Å². The van der Waals surface area contributed by atoms with Crippen molar-refractivity contribution in [2.45, 2.75) is 38.8 Å². The van der Waals surface area contributed by atoms with E-state index in [2.05, 4.69) is 5.32 Å². The lowest BCUT2D eigenvalue weighted by Gasteiger charge is -2.38. The van der Waals surface area contributed by atoms with E-state index in [0.29, 0.717) is 16.8 Å². The summed E-state index contributed by atoms with van der Waals surface area (Å²) < 4.78 is 45.6. The van der Waals surface area contributed by atoms with Gasteiger partial charge < -0.3 is 9.74 Å². The third-order valence-electron chi connectivity index (χ3n) is 4.91. The first-order chi connectivity index (χ1) is 15.3. The summed E-state index contributed by atoms with van der Waals surface area (Å²) in [4.78, 5) is 14.7. The third kappa shape index (κ3) is 5.43. The van der Waals surface area contributed by atoms with Crippen molar-refractivity contribution in [1.29, 1.82) is 5.26 Å². The normalized spacial score (nSPS) is 16.8. The molecule has 172 valence electrons. The van der Waals surface area contributed by atoms with Crippen molar-refractivity contribution in [3.63, 3.8) is 0 Å². The Hall–Kier alpha value is -3.16. The fourth-order valence-electron chi connectivity index (χ4n) is 3.47. The van der Waals surface area contributed by atoms with Crippen LogP contribution in [-0.4, -0.2) is 19.4 Å². The standard InChI is InChI=1S/C23H22F3N3O2SSi/c1-14-19(21(30)31-33(2,3)4)20(16-10-8-15(13-27)9-11-16)28-22(32)29(14)18-7-5-6-17(12-18)23(24,25)26/h5-12,20H,1-4H3,(H,28,32).